The lowest BCUT2D eigenvalue weighted by atomic mass is 10.1. The Morgan fingerprint density at radius 1 is 1.19 bits per heavy atom. The quantitative estimate of drug-likeness (QED) is 0.824. The Labute approximate surface area is 95.3 Å². The monoisotopic (exact) mass is 213 g/mol. The number of hydrogen-bond acceptors (Lipinski definition) is 3. The van der Waals surface area contributed by atoms with Gasteiger partial charge in [0.1, 0.15) is 5.82 Å². The Morgan fingerprint density at radius 3 is 2.62 bits per heavy atom. The van der Waals surface area contributed by atoms with Gasteiger partial charge >= 0.3 is 0 Å². The molecular weight excluding hydrogens is 198 g/mol. The van der Waals surface area contributed by atoms with Crippen LogP contribution in [0, 0.1) is 6.92 Å². The molecule has 1 aromatic carbocycles. The number of aromatic nitrogens is 1. The Balaban J connectivity index is 2.02. The summed E-state index contributed by atoms with van der Waals surface area (Å²) in [6.07, 6.45) is 1.69. The van der Waals surface area contributed by atoms with Crippen LogP contribution >= 0.6 is 0 Å². The van der Waals surface area contributed by atoms with Crippen LogP contribution in [0.3, 0.4) is 0 Å². The van der Waals surface area contributed by atoms with E-state index in [9.17, 15) is 0 Å². The number of aryl methyl sites for hydroxylation is 1. The first-order valence-corrected chi connectivity index (χ1v) is 5.25. The second-order valence-corrected chi connectivity index (χ2v) is 3.78. The Hall–Kier alpha value is -2.03. The van der Waals surface area contributed by atoms with E-state index < -0.39 is 0 Å². The zero-order chi connectivity index (χ0) is 11.4. The number of hydrogen-bond donors (Lipinski definition) is 2. The second kappa shape index (κ2) is 4.66. The molecule has 0 saturated carbocycles. The van der Waals surface area contributed by atoms with E-state index >= 15 is 0 Å². The summed E-state index contributed by atoms with van der Waals surface area (Å²) >= 11 is 0. The molecule has 1 heterocycles. The van der Waals surface area contributed by atoms with Gasteiger partial charge < -0.3 is 11.1 Å². The van der Waals surface area contributed by atoms with Crippen molar-refractivity contribution in [3.05, 3.63) is 53.7 Å². The van der Waals surface area contributed by atoms with Crippen molar-refractivity contribution in [2.24, 2.45) is 0 Å². The van der Waals surface area contributed by atoms with E-state index in [0.29, 0.717) is 5.82 Å². The number of nitrogens with two attached hydrogens (primary N) is 1. The first-order chi connectivity index (χ1) is 7.75. The molecule has 1 aromatic heterocycles. The summed E-state index contributed by atoms with van der Waals surface area (Å²) in [7, 11) is 0. The standard InChI is InChI=1S/C13H15N3/c1-10-4-6-11(7-5-10)9-16-12-3-2-8-15-13(12)14/h2-8,16H,9H2,1H3,(H2,14,15). The average Bonchev–Trinajstić information content (AvgIpc) is 2.30. The van der Waals surface area contributed by atoms with Gasteiger partial charge in [-0.3, -0.25) is 0 Å². The highest BCUT2D eigenvalue weighted by Crippen LogP contribution is 2.15. The van der Waals surface area contributed by atoms with Gasteiger partial charge in [0, 0.05) is 12.7 Å². The van der Waals surface area contributed by atoms with Crippen LogP contribution in [0.15, 0.2) is 42.6 Å². The minimum atomic E-state index is 0.537. The molecule has 3 heteroatoms. The van der Waals surface area contributed by atoms with Gasteiger partial charge in [-0.2, -0.15) is 0 Å². The van der Waals surface area contributed by atoms with Crippen molar-refractivity contribution in [2.75, 3.05) is 11.1 Å². The molecule has 0 fully saturated rings. The third-order valence-electron chi connectivity index (χ3n) is 2.44. The molecule has 0 radical (unpaired) electrons. The summed E-state index contributed by atoms with van der Waals surface area (Å²) in [4.78, 5) is 4.02. The van der Waals surface area contributed by atoms with Crippen molar-refractivity contribution in [3.8, 4) is 0 Å². The number of anilines is 2. The van der Waals surface area contributed by atoms with Crippen LogP contribution < -0.4 is 11.1 Å². The fourth-order valence-corrected chi connectivity index (χ4v) is 1.47. The van der Waals surface area contributed by atoms with Gasteiger partial charge in [0.05, 0.1) is 5.69 Å². The molecule has 16 heavy (non-hydrogen) atoms. The summed E-state index contributed by atoms with van der Waals surface area (Å²) < 4.78 is 0. The molecule has 2 rings (SSSR count). The Morgan fingerprint density at radius 2 is 1.94 bits per heavy atom. The molecule has 0 amide bonds. The van der Waals surface area contributed by atoms with Crippen molar-refractivity contribution < 1.29 is 0 Å². The lowest BCUT2D eigenvalue weighted by Gasteiger charge is -2.08. The molecule has 0 spiro atoms. The maximum Gasteiger partial charge on any atom is 0.146 e. The van der Waals surface area contributed by atoms with Crippen molar-refractivity contribution in [1.29, 1.82) is 0 Å². The number of nitrogens with zero attached hydrogens (tertiary/aromatic N) is 1. The SMILES string of the molecule is Cc1ccc(CNc2cccnc2N)cc1. The third kappa shape index (κ3) is 2.51. The van der Waals surface area contributed by atoms with Gasteiger partial charge in [-0.05, 0) is 24.6 Å². The molecule has 82 valence electrons. The van der Waals surface area contributed by atoms with E-state index in [4.69, 9.17) is 5.73 Å². The van der Waals surface area contributed by atoms with E-state index in [1.807, 2.05) is 12.1 Å². The van der Waals surface area contributed by atoms with Crippen molar-refractivity contribution in [1.82, 2.24) is 4.98 Å². The number of rotatable bonds is 3. The predicted octanol–water partition coefficient (Wildman–Crippen LogP) is 2.58. The minimum absolute atomic E-state index is 0.537. The minimum Gasteiger partial charge on any atom is -0.382 e. The zero-order valence-electron chi connectivity index (χ0n) is 9.27. The van der Waals surface area contributed by atoms with Crippen LogP contribution in [0.1, 0.15) is 11.1 Å². The molecule has 0 aliphatic heterocycles. The molecule has 0 unspecified atom stereocenters. The normalized spacial score (nSPS) is 10.1. The van der Waals surface area contributed by atoms with Gasteiger partial charge in [-0.1, -0.05) is 29.8 Å². The lowest BCUT2D eigenvalue weighted by Crippen LogP contribution is -2.03. The molecule has 0 aliphatic rings. The zero-order valence-corrected chi connectivity index (χ0v) is 9.27. The molecule has 2 aromatic rings. The van der Waals surface area contributed by atoms with Crippen LogP contribution in [0.2, 0.25) is 0 Å². The van der Waals surface area contributed by atoms with E-state index in [1.54, 1.807) is 6.20 Å². The summed E-state index contributed by atoms with van der Waals surface area (Å²) in [5.41, 5.74) is 9.11. The third-order valence-corrected chi connectivity index (χ3v) is 2.44. The van der Waals surface area contributed by atoms with Crippen molar-refractivity contribution >= 4 is 11.5 Å². The predicted molar refractivity (Wildman–Crippen MR) is 67.2 cm³/mol. The van der Waals surface area contributed by atoms with Crippen LogP contribution in [0.4, 0.5) is 11.5 Å². The molecule has 0 atom stereocenters. The number of nitrogens with one attached hydrogen (secondary N) is 1. The summed E-state index contributed by atoms with van der Waals surface area (Å²) in [5, 5.41) is 3.26. The van der Waals surface area contributed by atoms with Crippen molar-refractivity contribution in [3.63, 3.8) is 0 Å². The first kappa shape index (κ1) is 10.5. The highest BCUT2D eigenvalue weighted by atomic mass is 14.9. The Kier molecular flexibility index (Phi) is 3.05. The van der Waals surface area contributed by atoms with Gasteiger partial charge in [-0.25, -0.2) is 4.98 Å². The summed E-state index contributed by atoms with van der Waals surface area (Å²) in [6, 6.07) is 12.2. The maximum absolute atomic E-state index is 5.74. The molecule has 0 saturated heterocycles. The Bertz CT molecular complexity index is 463. The van der Waals surface area contributed by atoms with Crippen LogP contribution in [-0.4, -0.2) is 4.98 Å². The highest BCUT2D eigenvalue weighted by Gasteiger charge is 1.98. The number of benzene rings is 1. The van der Waals surface area contributed by atoms with E-state index in [-0.39, 0.29) is 0 Å². The fourth-order valence-electron chi connectivity index (χ4n) is 1.47. The number of pyridine rings is 1. The summed E-state index contributed by atoms with van der Waals surface area (Å²) in [6.45, 7) is 2.84. The largest absolute Gasteiger partial charge is 0.382 e. The fraction of sp³-hybridized carbons (Fsp3) is 0.154. The lowest BCUT2D eigenvalue weighted by molar-refractivity contribution is 1.14. The van der Waals surface area contributed by atoms with Crippen LogP contribution in [0.25, 0.3) is 0 Å². The summed E-state index contributed by atoms with van der Waals surface area (Å²) in [5.74, 6) is 0.537. The van der Waals surface area contributed by atoms with Crippen LogP contribution in [-0.2, 0) is 6.54 Å². The average molecular weight is 213 g/mol. The topological polar surface area (TPSA) is 50.9 Å². The van der Waals surface area contributed by atoms with E-state index in [0.717, 1.165) is 12.2 Å². The maximum atomic E-state index is 5.74. The molecule has 3 N–H and O–H groups in total. The molecule has 0 bridgehead atoms. The van der Waals surface area contributed by atoms with Crippen LogP contribution in [0.5, 0.6) is 0 Å². The highest BCUT2D eigenvalue weighted by molar-refractivity contribution is 5.60. The molecule has 0 aliphatic carbocycles. The van der Waals surface area contributed by atoms with E-state index in [2.05, 4.69) is 41.5 Å². The van der Waals surface area contributed by atoms with Gasteiger partial charge in [-0.15, -0.1) is 0 Å². The molecule has 3 nitrogen and oxygen atoms in total. The number of nitrogen functional groups attached to an aromatic ring is 1. The molecular formula is C13H15N3. The van der Waals surface area contributed by atoms with Gasteiger partial charge in [0.25, 0.3) is 0 Å². The van der Waals surface area contributed by atoms with Gasteiger partial charge in [0.2, 0.25) is 0 Å². The van der Waals surface area contributed by atoms with Crippen molar-refractivity contribution in [2.45, 2.75) is 13.5 Å². The first-order valence-electron chi connectivity index (χ1n) is 5.25. The smallest absolute Gasteiger partial charge is 0.146 e. The van der Waals surface area contributed by atoms with Gasteiger partial charge in [0.15, 0.2) is 0 Å². The second-order valence-electron chi connectivity index (χ2n) is 3.78. The van der Waals surface area contributed by atoms with E-state index in [1.165, 1.54) is 11.1 Å².